The second-order valence-corrected chi connectivity index (χ2v) is 3.80. The van der Waals surface area contributed by atoms with Crippen molar-refractivity contribution in [3.05, 3.63) is 0 Å². The van der Waals surface area contributed by atoms with Crippen LogP contribution in [-0.4, -0.2) is 29.9 Å². The quantitative estimate of drug-likeness (QED) is 0.715. The summed E-state index contributed by atoms with van der Waals surface area (Å²) >= 11 is 0. The molecule has 15 heavy (non-hydrogen) atoms. The van der Waals surface area contributed by atoms with Crippen LogP contribution >= 0.6 is 0 Å². The van der Waals surface area contributed by atoms with Gasteiger partial charge in [0.1, 0.15) is 0 Å². The third-order valence-electron chi connectivity index (χ3n) is 2.32. The molecule has 86 valence electrons. The van der Waals surface area contributed by atoms with E-state index in [1.165, 1.54) is 0 Å². The highest BCUT2D eigenvalue weighted by atomic mass is 16.2. The van der Waals surface area contributed by atoms with Crippen molar-refractivity contribution in [1.82, 2.24) is 4.90 Å². The minimum atomic E-state index is -0.416. The highest BCUT2D eigenvalue weighted by molar-refractivity contribution is 5.81. The van der Waals surface area contributed by atoms with Crippen LogP contribution in [0, 0.1) is 17.2 Å². The summed E-state index contributed by atoms with van der Waals surface area (Å²) in [5, 5.41) is 8.68. The van der Waals surface area contributed by atoms with Gasteiger partial charge in [-0.2, -0.15) is 5.26 Å². The largest absolute Gasteiger partial charge is 0.340 e. The van der Waals surface area contributed by atoms with Crippen LogP contribution < -0.4 is 5.73 Å². The number of likely N-dealkylation sites (N-methyl/N-ethyl adjacent to an activating group) is 1. The first-order chi connectivity index (χ1) is 7.06. The average molecular weight is 211 g/mol. The van der Waals surface area contributed by atoms with Crippen molar-refractivity contribution in [2.75, 3.05) is 13.1 Å². The number of nitrogens with two attached hydrogens (primary N) is 1. The fourth-order valence-electron chi connectivity index (χ4n) is 1.42. The Bertz CT molecular complexity index is 234. The van der Waals surface area contributed by atoms with Crippen molar-refractivity contribution in [2.45, 2.75) is 39.7 Å². The first kappa shape index (κ1) is 13.9. The molecule has 1 unspecified atom stereocenters. The molecule has 0 fully saturated rings. The highest BCUT2D eigenvalue weighted by Gasteiger charge is 2.20. The molecule has 2 N–H and O–H groups in total. The Labute approximate surface area is 92.0 Å². The molecule has 0 rings (SSSR count). The molecule has 0 aromatic rings. The van der Waals surface area contributed by atoms with Crippen molar-refractivity contribution in [3.8, 4) is 6.07 Å². The fraction of sp³-hybridized carbons (Fsp3) is 0.818. The van der Waals surface area contributed by atoms with E-state index in [0.29, 0.717) is 19.5 Å². The Balaban J connectivity index is 4.28. The third kappa shape index (κ3) is 4.80. The van der Waals surface area contributed by atoms with E-state index >= 15 is 0 Å². The van der Waals surface area contributed by atoms with Gasteiger partial charge in [0.15, 0.2) is 0 Å². The van der Waals surface area contributed by atoms with E-state index in [1.54, 1.807) is 11.8 Å². The monoisotopic (exact) mass is 211 g/mol. The first-order valence-electron chi connectivity index (χ1n) is 5.50. The van der Waals surface area contributed by atoms with Crippen LogP contribution in [0.3, 0.4) is 0 Å². The molecule has 0 saturated heterocycles. The van der Waals surface area contributed by atoms with E-state index in [0.717, 1.165) is 6.42 Å². The molecule has 4 heteroatoms. The Hall–Kier alpha value is -1.08. The fourth-order valence-corrected chi connectivity index (χ4v) is 1.42. The van der Waals surface area contributed by atoms with Gasteiger partial charge in [-0.05, 0) is 20.3 Å². The van der Waals surface area contributed by atoms with Crippen LogP contribution in [-0.2, 0) is 4.79 Å². The minimum absolute atomic E-state index is 0.0403. The Kier molecular flexibility index (Phi) is 6.72. The van der Waals surface area contributed by atoms with Crippen molar-refractivity contribution in [1.29, 1.82) is 5.26 Å². The molecule has 0 heterocycles. The van der Waals surface area contributed by atoms with Gasteiger partial charge in [-0.3, -0.25) is 4.79 Å². The number of hydrogen-bond donors (Lipinski definition) is 1. The topological polar surface area (TPSA) is 70.1 Å². The van der Waals surface area contributed by atoms with Gasteiger partial charge in [0, 0.05) is 13.1 Å². The molecule has 0 spiro atoms. The number of amides is 1. The van der Waals surface area contributed by atoms with Crippen LogP contribution in [0.15, 0.2) is 0 Å². The van der Waals surface area contributed by atoms with Crippen LogP contribution in [0.5, 0.6) is 0 Å². The molecule has 0 aliphatic carbocycles. The van der Waals surface area contributed by atoms with Gasteiger partial charge < -0.3 is 10.6 Å². The molecule has 0 radical (unpaired) electrons. The van der Waals surface area contributed by atoms with Gasteiger partial charge in [-0.1, -0.05) is 13.3 Å². The van der Waals surface area contributed by atoms with E-state index in [2.05, 4.69) is 6.07 Å². The van der Waals surface area contributed by atoms with Gasteiger partial charge in [-0.15, -0.1) is 0 Å². The van der Waals surface area contributed by atoms with Gasteiger partial charge in [0.25, 0.3) is 0 Å². The number of rotatable bonds is 6. The normalized spacial score (nSPS) is 14.1. The van der Waals surface area contributed by atoms with Crippen molar-refractivity contribution < 1.29 is 4.79 Å². The molecule has 1 amide bonds. The maximum atomic E-state index is 11.8. The second kappa shape index (κ2) is 7.24. The smallest absolute Gasteiger partial charge is 0.239 e. The van der Waals surface area contributed by atoms with Crippen molar-refractivity contribution >= 4 is 5.91 Å². The lowest BCUT2D eigenvalue weighted by molar-refractivity contribution is -0.132. The summed E-state index contributed by atoms with van der Waals surface area (Å²) in [5.74, 6) is -0.177. The predicted molar refractivity (Wildman–Crippen MR) is 59.9 cm³/mol. The summed E-state index contributed by atoms with van der Waals surface area (Å²) in [5.41, 5.74) is 5.75. The summed E-state index contributed by atoms with van der Waals surface area (Å²) in [6, 6.07) is 1.70. The second-order valence-electron chi connectivity index (χ2n) is 3.80. The molecule has 0 aromatic carbocycles. The summed E-state index contributed by atoms with van der Waals surface area (Å²) < 4.78 is 0. The zero-order chi connectivity index (χ0) is 11.8. The molecule has 4 nitrogen and oxygen atoms in total. The van der Waals surface area contributed by atoms with Gasteiger partial charge in [0.2, 0.25) is 5.91 Å². The highest BCUT2D eigenvalue weighted by Crippen LogP contribution is 2.03. The summed E-state index contributed by atoms with van der Waals surface area (Å²) in [6.07, 6.45) is 1.61. The number of carbonyl (C=O) groups is 1. The number of nitriles is 1. The van der Waals surface area contributed by atoms with Crippen molar-refractivity contribution in [2.24, 2.45) is 11.7 Å². The van der Waals surface area contributed by atoms with Crippen LogP contribution in [0.25, 0.3) is 0 Å². The lowest BCUT2D eigenvalue weighted by Crippen LogP contribution is -2.45. The SMILES string of the molecule is CCC[C@@H](N)C(=O)N(CC)CC(C)C#N. The summed E-state index contributed by atoms with van der Waals surface area (Å²) in [6.45, 7) is 6.80. The standard InChI is InChI=1S/C11H21N3O/c1-4-6-10(13)11(15)14(5-2)8-9(3)7-12/h9-10H,4-6,8,13H2,1-3H3/t9?,10-/m1/s1. The van der Waals surface area contributed by atoms with Gasteiger partial charge in [0.05, 0.1) is 18.0 Å². The molecule has 0 bridgehead atoms. The maximum absolute atomic E-state index is 11.8. The molecule has 0 saturated carbocycles. The molecule has 0 aliphatic heterocycles. The van der Waals surface area contributed by atoms with E-state index in [9.17, 15) is 4.79 Å². The molecule has 0 aromatic heterocycles. The Morgan fingerprint density at radius 2 is 2.13 bits per heavy atom. The van der Waals surface area contributed by atoms with Crippen LogP contribution in [0.2, 0.25) is 0 Å². The first-order valence-corrected chi connectivity index (χ1v) is 5.50. The summed E-state index contributed by atoms with van der Waals surface area (Å²) in [7, 11) is 0. The molecular formula is C11H21N3O. The van der Waals surface area contributed by atoms with E-state index in [1.807, 2.05) is 13.8 Å². The summed E-state index contributed by atoms with van der Waals surface area (Å²) in [4.78, 5) is 13.5. The van der Waals surface area contributed by atoms with Crippen LogP contribution in [0.4, 0.5) is 0 Å². The Morgan fingerprint density at radius 1 is 1.53 bits per heavy atom. The number of hydrogen-bond acceptors (Lipinski definition) is 3. The predicted octanol–water partition coefficient (Wildman–Crippen LogP) is 1.12. The zero-order valence-corrected chi connectivity index (χ0v) is 9.86. The van der Waals surface area contributed by atoms with Gasteiger partial charge >= 0.3 is 0 Å². The lowest BCUT2D eigenvalue weighted by Gasteiger charge is -2.25. The third-order valence-corrected chi connectivity index (χ3v) is 2.32. The minimum Gasteiger partial charge on any atom is -0.340 e. The lowest BCUT2D eigenvalue weighted by atomic mass is 10.1. The van der Waals surface area contributed by atoms with Crippen LogP contribution in [0.1, 0.15) is 33.6 Å². The van der Waals surface area contributed by atoms with Crippen molar-refractivity contribution in [3.63, 3.8) is 0 Å². The molecular weight excluding hydrogens is 190 g/mol. The molecule has 0 aliphatic rings. The number of nitrogens with zero attached hydrogens (tertiary/aromatic N) is 2. The maximum Gasteiger partial charge on any atom is 0.239 e. The van der Waals surface area contributed by atoms with E-state index in [-0.39, 0.29) is 11.8 Å². The zero-order valence-electron chi connectivity index (χ0n) is 9.86. The number of carbonyl (C=O) groups excluding carboxylic acids is 1. The van der Waals surface area contributed by atoms with E-state index in [4.69, 9.17) is 11.0 Å². The Morgan fingerprint density at radius 3 is 2.53 bits per heavy atom. The average Bonchev–Trinajstić information content (AvgIpc) is 2.24. The van der Waals surface area contributed by atoms with E-state index < -0.39 is 6.04 Å². The van der Waals surface area contributed by atoms with Gasteiger partial charge in [-0.25, -0.2) is 0 Å². The molecule has 2 atom stereocenters.